The van der Waals surface area contributed by atoms with Gasteiger partial charge in [-0.2, -0.15) is 11.8 Å². The number of nitrogen functional groups attached to an aromatic ring is 1. The maximum atomic E-state index is 12.2. The van der Waals surface area contributed by atoms with Gasteiger partial charge in [0.2, 0.25) is 0 Å². The minimum atomic E-state index is -0.127. The van der Waals surface area contributed by atoms with E-state index in [-0.39, 0.29) is 17.3 Å². The Morgan fingerprint density at radius 2 is 2.18 bits per heavy atom. The van der Waals surface area contributed by atoms with Gasteiger partial charge in [0.25, 0.3) is 5.91 Å². The van der Waals surface area contributed by atoms with E-state index in [9.17, 15) is 9.90 Å². The third-order valence-electron chi connectivity index (χ3n) is 2.81. The molecule has 4 nitrogen and oxygen atoms in total. The summed E-state index contributed by atoms with van der Waals surface area (Å²) in [6.45, 7) is 1.48. The number of nitrogens with two attached hydrogens (primary N) is 1. The number of hydrogen-bond acceptors (Lipinski definition) is 4. The van der Waals surface area contributed by atoms with Crippen molar-refractivity contribution in [2.75, 3.05) is 30.3 Å². The topological polar surface area (TPSA) is 66.6 Å². The van der Waals surface area contributed by atoms with Crippen molar-refractivity contribution < 1.29 is 9.90 Å². The van der Waals surface area contributed by atoms with Gasteiger partial charge in [-0.1, -0.05) is 6.07 Å². The molecule has 0 spiro atoms. The van der Waals surface area contributed by atoms with Crippen molar-refractivity contribution >= 4 is 23.4 Å². The van der Waals surface area contributed by atoms with Crippen molar-refractivity contribution in [1.29, 1.82) is 0 Å². The number of hydrogen-bond donors (Lipinski definition) is 2. The lowest BCUT2D eigenvalue weighted by Gasteiger charge is -2.20. The molecule has 0 saturated carbocycles. The Morgan fingerprint density at radius 1 is 1.35 bits per heavy atom. The summed E-state index contributed by atoms with van der Waals surface area (Å²) in [7, 11) is 0. The van der Waals surface area contributed by atoms with Crippen LogP contribution in [0.15, 0.2) is 18.2 Å². The minimum Gasteiger partial charge on any atom is -0.505 e. The monoisotopic (exact) mass is 252 g/mol. The summed E-state index contributed by atoms with van der Waals surface area (Å²) in [5, 5.41) is 9.79. The number of nitrogens with zero attached hydrogens (tertiary/aromatic N) is 1. The summed E-state index contributed by atoms with van der Waals surface area (Å²) >= 11 is 1.86. The standard InChI is InChI=1S/C12H16N2O2S/c13-10-4-1-3-9(11(10)15)12(16)14-5-2-7-17-8-6-14/h1,3-4,15H,2,5-8,13H2. The SMILES string of the molecule is Nc1cccc(C(=O)N2CCCSCC2)c1O. The fourth-order valence-electron chi connectivity index (χ4n) is 1.85. The van der Waals surface area contributed by atoms with Gasteiger partial charge in [-0.3, -0.25) is 4.79 Å². The van der Waals surface area contributed by atoms with Gasteiger partial charge in [-0.05, 0) is 24.3 Å². The summed E-state index contributed by atoms with van der Waals surface area (Å²) in [6.07, 6.45) is 0.999. The lowest BCUT2D eigenvalue weighted by atomic mass is 10.1. The smallest absolute Gasteiger partial charge is 0.257 e. The molecule has 1 fully saturated rings. The van der Waals surface area contributed by atoms with Crippen LogP contribution in [0.25, 0.3) is 0 Å². The van der Waals surface area contributed by atoms with Crippen LogP contribution < -0.4 is 5.73 Å². The van der Waals surface area contributed by atoms with Crippen molar-refractivity contribution in [1.82, 2.24) is 4.90 Å². The van der Waals surface area contributed by atoms with Gasteiger partial charge in [0, 0.05) is 18.8 Å². The minimum absolute atomic E-state index is 0.102. The molecule has 1 aliphatic rings. The van der Waals surface area contributed by atoms with Gasteiger partial charge in [0.1, 0.15) is 0 Å². The van der Waals surface area contributed by atoms with Crippen LogP contribution >= 0.6 is 11.8 Å². The van der Waals surface area contributed by atoms with Crippen molar-refractivity contribution in [3.8, 4) is 5.75 Å². The maximum absolute atomic E-state index is 12.2. The van der Waals surface area contributed by atoms with Crippen LogP contribution in [0.4, 0.5) is 5.69 Å². The average molecular weight is 252 g/mol. The van der Waals surface area contributed by atoms with Gasteiger partial charge in [-0.25, -0.2) is 0 Å². The molecule has 1 aliphatic heterocycles. The van der Waals surface area contributed by atoms with Crippen LogP contribution in [0.5, 0.6) is 5.75 Å². The first kappa shape index (κ1) is 12.1. The molecule has 0 aromatic heterocycles. The Bertz CT molecular complexity index is 415. The quantitative estimate of drug-likeness (QED) is 0.588. The fraction of sp³-hybridized carbons (Fsp3) is 0.417. The van der Waals surface area contributed by atoms with Crippen molar-refractivity contribution in [2.45, 2.75) is 6.42 Å². The lowest BCUT2D eigenvalue weighted by Crippen LogP contribution is -2.33. The molecule has 1 amide bonds. The Balaban J connectivity index is 2.20. The zero-order valence-electron chi connectivity index (χ0n) is 9.56. The van der Waals surface area contributed by atoms with Crippen LogP contribution in [0, 0.1) is 0 Å². The van der Waals surface area contributed by atoms with E-state index in [0.717, 1.165) is 31.0 Å². The first-order valence-electron chi connectivity index (χ1n) is 5.64. The first-order valence-corrected chi connectivity index (χ1v) is 6.80. The summed E-state index contributed by atoms with van der Waals surface area (Å²) in [5.41, 5.74) is 6.15. The van der Waals surface area contributed by atoms with E-state index < -0.39 is 0 Å². The number of carbonyl (C=O) groups excluding carboxylic acids is 1. The summed E-state index contributed by atoms with van der Waals surface area (Å²) in [6, 6.07) is 4.89. The van der Waals surface area contributed by atoms with Gasteiger partial charge >= 0.3 is 0 Å². The highest BCUT2D eigenvalue weighted by molar-refractivity contribution is 7.99. The molecule has 5 heteroatoms. The maximum Gasteiger partial charge on any atom is 0.257 e. The Kier molecular flexibility index (Phi) is 3.78. The second-order valence-electron chi connectivity index (χ2n) is 4.00. The molecular weight excluding hydrogens is 236 g/mol. The zero-order valence-corrected chi connectivity index (χ0v) is 10.4. The van der Waals surface area contributed by atoms with Crippen molar-refractivity contribution in [2.24, 2.45) is 0 Å². The Morgan fingerprint density at radius 3 is 3.00 bits per heavy atom. The first-order chi connectivity index (χ1) is 8.20. The molecular formula is C12H16N2O2S. The van der Waals surface area contributed by atoms with E-state index in [4.69, 9.17) is 5.73 Å². The van der Waals surface area contributed by atoms with Gasteiger partial charge in [0.15, 0.2) is 5.75 Å². The van der Waals surface area contributed by atoms with E-state index in [1.165, 1.54) is 0 Å². The lowest BCUT2D eigenvalue weighted by molar-refractivity contribution is 0.0765. The highest BCUT2D eigenvalue weighted by Gasteiger charge is 2.20. The number of rotatable bonds is 1. The number of benzene rings is 1. The molecule has 0 bridgehead atoms. The second-order valence-corrected chi connectivity index (χ2v) is 5.23. The number of aromatic hydroxyl groups is 1. The molecule has 1 heterocycles. The molecule has 0 radical (unpaired) electrons. The van der Waals surface area contributed by atoms with Crippen molar-refractivity contribution in [3.63, 3.8) is 0 Å². The number of para-hydroxylation sites is 1. The second kappa shape index (κ2) is 5.31. The van der Waals surface area contributed by atoms with E-state index in [0.29, 0.717) is 5.56 Å². The predicted molar refractivity (Wildman–Crippen MR) is 70.4 cm³/mol. The van der Waals surface area contributed by atoms with Crippen molar-refractivity contribution in [3.05, 3.63) is 23.8 Å². The van der Waals surface area contributed by atoms with E-state index in [2.05, 4.69) is 0 Å². The number of phenolic OH excluding ortho intramolecular Hbond substituents is 1. The van der Waals surface area contributed by atoms with Gasteiger partial charge in [0.05, 0.1) is 11.3 Å². The van der Waals surface area contributed by atoms with Gasteiger partial charge in [-0.15, -0.1) is 0 Å². The largest absolute Gasteiger partial charge is 0.505 e. The van der Waals surface area contributed by atoms with Gasteiger partial charge < -0.3 is 15.7 Å². The highest BCUT2D eigenvalue weighted by atomic mass is 32.2. The molecule has 1 saturated heterocycles. The predicted octanol–water partition coefficient (Wildman–Crippen LogP) is 1.55. The molecule has 0 unspecified atom stereocenters. The molecule has 1 aromatic rings. The highest BCUT2D eigenvalue weighted by Crippen LogP contribution is 2.26. The Hall–Kier alpha value is -1.36. The van der Waals surface area contributed by atoms with Crippen LogP contribution in [0.3, 0.4) is 0 Å². The number of carbonyl (C=O) groups is 1. The zero-order chi connectivity index (χ0) is 12.3. The van der Waals surface area contributed by atoms with E-state index in [1.54, 1.807) is 23.1 Å². The molecule has 0 aliphatic carbocycles. The average Bonchev–Trinajstić information content (AvgIpc) is 2.60. The van der Waals surface area contributed by atoms with Crippen LogP contribution in [-0.4, -0.2) is 40.5 Å². The molecule has 3 N–H and O–H groups in total. The van der Waals surface area contributed by atoms with Crippen LogP contribution in [-0.2, 0) is 0 Å². The van der Waals surface area contributed by atoms with Crippen LogP contribution in [0.1, 0.15) is 16.8 Å². The molecule has 1 aromatic carbocycles. The van der Waals surface area contributed by atoms with E-state index in [1.807, 2.05) is 11.8 Å². The number of thioether (sulfide) groups is 1. The summed E-state index contributed by atoms with van der Waals surface area (Å²) in [5.74, 6) is 1.81. The Labute approximate surface area is 105 Å². The third-order valence-corrected chi connectivity index (χ3v) is 3.86. The van der Waals surface area contributed by atoms with E-state index >= 15 is 0 Å². The molecule has 17 heavy (non-hydrogen) atoms. The molecule has 2 rings (SSSR count). The number of anilines is 1. The molecule has 92 valence electrons. The third kappa shape index (κ3) is 2.66. The van der Waals surface area contributed by atoms with Crippen LogP contribution in [0.2, 0.25) is 0 Å². The fourth-order valence-corrected chi connectivity index (χ4v) is 2.74. The normalized spacial score (nSPS) is 16.6. The number of amides is 1. The summed E-state index contributed by atoms with van der Waals surface area (Å²) in [4.78, 5) is 14.0. The number of phenols is 1. The molecule has 0 atom stereocenters. The summed E-state index contributed by atoms with van der Waals surface area (Å²) < 4.78 is 0.